The summed E-state index contributed by atoms with van der Waals surface area (Å²) in [6, 6.07) is 6.00. The number of benzene rings is 1. The Balaban J connectivity index is 1.58. The van der Waals surface area contributed by atoms with Crippen LogP contribution in [0.15, 0.2) is 18.2 Å². The number of rotatable bonds is 3. The van der Waals surface area contributed by atoms with Crippen LogP contribution < -0.4 is 10.1 Å². The first-order chi connectivity index (χ1) is 10.8. The van der Waals surface area contributed by atoms with Crippen molar-refractivity contribution < 1.29 is 9.53 Å². The number of carbonyl (C=O) groups excluding carboxylic acids is 1. The maximum atomic E-state index is 12.6. The molecule has 1 unspecified atom stereocenters. The SMILES string of the molecule is COc1cccc2c(C(=O)NC3CN4CCC3CC4)nsc12. The van der Waals surface area contributed by atoms with Gasteiger partial charge in [-0.25, -0.2) is 0 Å². The Labute approximate surface area is 133 Å². The van der Waals surface area contributed by atoms with Crippen LogP contribution in [0.25, 0.3) is 10.1 Å². The fraction of sp³-hybridized carbons (Fsp3) is 0.500. The monoisotopic (exact) mass is 317 g/mol. The van der Waals surface area contributed by atoms with Gasteiger partial charge in [-0.1, -0.05) is 12.1 Å². The van der Waals surface area contributed by atoms with Crippen molar-refractivity contribution in [3.05, 3.63) is 23.9 Å². The van der Waals surface area contributed by atoms with E-state index in [1.807, 2.05) is 18.2 Å². The Kier molecular flexibility index (Phi) is 3.50. The van der Waals surface area contributed by atoms with Gasteiger partial charge in [-0.05, 0) is 49.4 Å². The third kappa shape index (κ3) is 2.27. The van der Waals surface area contributed by atoms with E-state index in [1.54, 1.807) is 7.11 Å². The molecule has 2 bridgehead atoms. The number of hydrogen-bond acceptors (Lipinski definition) is 5. The first-order valence-corrected chi connectivity index (χ1v) is 8.49. The van der Waals surface area contributed by atoms with Crippen LogP contribution in [0, 0.1) is 5.92 Å². The van der Waals surface area contributed by atoms with Gasteiger partial charge < -0.3 is 15.0 Å². The smallest absolute Gasteiger partial charge is 0.271 e. The molecule has 1 aromatic carbocycles. The molecule has 3 saturated heterocycles. The van der Waals surface area contributed by atoms with Crippen molar-refractivity contribution >= 4 is 27.5 Å². The van der Waals surface area contributed by atoms with Gasteiger partial charge in [-0.15, -0.1) is 0 Å². The van der Waals surface area contributed by atoms with Gasteiger partial charge in [-0.3, -0.25) is 4.79 Å². The van der Waals surface area contributed by atoms with Crippen LogP contribution in [-0.4, -0.2) is 48.0 Å². The third-order valence-corrected chi connectivity index (χ3v) is 5.75. The lowest BCUT2D eigenvalue weighted by molar-refractivity contribution is 0.0619. The van der Waals surface area contributed by atoms with Crippen molar-refractivity contribution in [2.75, 3.05) is 26.7 Å². The van der Waals surface area contributed by atoms with Crippen molar-refractivity contribution in [3.8, 4) is 5.75 Å². The summed E-state index contributed by atoms with van der Waals surface area (Å²) in [5, 5.41) is 4.08. The molecular formula is C16H19N3O2S. The fourth-order valence-corrected chi connectivity index (χ4v) is 4.50. The highest BCUT2D eigenvalue weighted by Gasteiger charge is 2.35. The molecule has 1 aromatic heterocycles. The van der Waals surface area contributed by atoms with Crippen molar-refractivity contribution in [2.24, 2.45) is 5.92 Å². The second kappa shape index (κ2) is 5.52. The number of hydrogen-bond donors (Lipinski definition) is 1. The van der Waals surface area contributed by atoms with Crippen LogP contribution in [0.2, 0.25) is 0 Å². The topological polar surface area (TPSA) is 54.5 Å². The van der Waals surface area contributed by atoms with Gasteiger partial charge in [0.1, 0.15) is 11.4 Å². The zero-order valence-corrected chi connectivity index (χ0v) is 13.4. The maximum absolute atomic E-state index is 12.6. The fourth-order valence-electron chi connectivity index (χ4n) is 3.63. The summed E-state index contributed by atoms with van der Waals surface area (Å²) in [4.78, 5) is 15.1. The molecular weight excluding hydrogens is 298 g/mol. The number of ether oxygens (including phenoxy) is 1. The lowest BCUT2D eigenvalue weighted by atomic mass is 9.84. The van der Waals surface area contributed by atoms with Crippen molar-refractivity contribution in [1.82, 2.24) is 14.6 Å². The lowest BCUT2D eigenvalue weighted by Gasteiger charge is -2.44. The molecule has 6 heteroatoms. The highest BCUT2D eigenvalue weighted by molar-refractivity contribution is 7.14. The molecule has 0 spiro atoms. The normalized spacial score (nSPS) is 27.0. The average Bonchev–Trinajstić information content (AvgIpc) is 3.00. The molecule has 4 heterocycles. The minimum Gasteiger partial charge on any atom is -0.495 e. The highest BCUT2D eigenvalue weighted by atomic mass is 32.1. The van der Waals surface area contributed by atoms with E-state index in [0.717, 1.165) is 22.4 Å². The van der Waals surface area contributed by atoms with E-state index in [9.17, 15) is 4.79 Å². The molecule has 3 aliphatic heterocycles. The molecule has 5 rings (SSSR count). The third-order valence-electron chi connectivity index (χ3n) is 4.87. The van der Waals surface area contributed by atoms with E-state index >= 15 is 0 Å². The number of piperidine rings is 3. The van der Waals surface area contributed by atoms with E-state index in [4.69, 9.17) is 4.74 Å². The number of nitrogens with zero attached hydrogens (tertiary/aromatic N) is 2. The van der Waals surface area contributed by atoms with Gasteiger partial charge in [-0.2, -0.15) is 4.37 Å². The standard InChI is InChI=1S/C16H19N3O2S/c1-21-13-4-2-3-11-14(18-22-15(11)13)16(20)17-12-9-19-7-5-10(12)6-8-19/h2-4,10,12H,5-9H2,1H3,(H,17,20). The number of nitrogens with one attached hydrogen (secondary N) is 1. The van der Waals surface area contributed by atoms with Gasteiger partial charge >= 0.3 is 0 Å². The first-order valence-electron chi connectivity index (χ1n) is 7.72. The van der Waals surface area contributed by atoms with E-state index in [-0.39, 0.29) is 11.9 Å². The quantitative estimate of drug-likeness (QED) is 0.942. The largest absolute Gasteiger partial charge is 0.495 e. The second-order valence-corrected chi connectivity index (χ2v) is 6.86. The van der Waals surface area contributed by atoms with Crippen molar-refractivity contribution in [2.45, 2.75) is 18.9 Å². The van der Waals surface area contributed by atoms with Crippen LogP contribution in [0.3, 0.4) is 0 Å². The van der Waals surface area contributed by atoms with Crippen LogP contribution in [-0.2, 0) is 0 Å². The van der Waals surface area contributed by atoms with Gasteiger partial charge in [0.15, 0.2) is 0 Å². The molecule has 3 aliphatic rings. The summed E-state index contributed by atoms with van der Waals surface area (Å²) in [7, 11) is 1.64. The van der Waals surface area contributed by atoms with Crippen LogP contribution in [0.1, 0.15) is 23.3 Å². The lowest BCUT2D eigenvalue weighted by Crippen LogP contribution is -2.57. The molecule has 116 valence electrons. The molecule has 0 aliphatic carbocycles. The summed E-state index contributed by atoms with van der Waals surface area (Å²) >= 11 is 1.32. The number of carbonyl (C=O) groups is 1. The molecule has 3 fully saturated rings. The predicted octanol–water partition coefficient (Wildman–Crippen LogP) is 2.13. The number of fused-ring (bicyclic) bond motifs is 4. The summed E-state index contributed by atoms with van der Waals surface area (Å²) in [5.41, 5.74) is 0.523. The molecule has 5 nitrogen and oxygen atoms in total. The number of methoxy groups -OCH3 is 1. The Morgan fingerprint density at radius 1 is 1.41 bits per heavy atom. The minimum atomic E-state index is -0.0572. The molecule has 22 heavy (non-hydrogen) atoms. The molecule has 1 amide bonds. The molecule has 0 saturated carbocycles. The van der Waals surface area contributed by atoms with Gasteiger partial charge in [0, 0.05) is 18.0 Å². The number of aromatic nitrogens is 1. The Morgan fingerprint density at radius 2 is 2.23 bits per heavy atom. The highest BCUT2D eigenvalue weighted by Crippen LogP contribution is 2.32. The average molecular weight is 317 g/mol. The zero-order valence-electron chi connectivity index (χ0n) is 12.5. The summed E-state index contributed by atoms with van der Waals surface area (Å²) in [6.45, 7) is 3.32. The summed E-state index contributed by atoms with van der Waals surface area (Å²) < 4.78 is 10.6. The van der Waals surface area contributed by atoms with E-state index in [0.29, 0.717) is 11.6 Å². The molecule has 2 aromatic rings. The zero-order chi connectivity index (χ0) is 15.1. The first kappa shape index (κ1) is 14.0. The second-order valence-electron chi connectivity index (χ2n) is 6.09. The number of amides is 1. The summed E-state index contributed by atoms with van der Waals surface area (Å²) in [6.07, 6.45) is 2.38. The molecule has 1 N–H and O–H groups in total. The van der Waals surface area contributed by atoms with E-state index in [2.05, 4.69) is 14.6 Å². The van der Waals surface area contributed by atoms with Crippen LogP contribution in [0.5, 0.6) is 5.75 Å². The maximum Gasteiger partial charge on any atom is 0.271 e. The molecule has 1 atom stereocenters. The van der Waals surface area contributed by atoms with Crippen molar-refractivity contribution in [3.63, 3.8) is 0 Å². The minimum absolute atomic E-state index is 0.0572. The molecule has 0 radical (unpaired) electrons. The van der Waals surface area contributed by atoms with Crippen molar-refractivity contribution in [1.29, 1.82) is 0 Å². The summed E-state index contributed by atoms with van der Waals surface area (Å²) in [5.74, 6) is 1.34. The predicted molar refractivity (Wildman–Crippen MR) is 86.6 cm³/mol. The Bertz CT molecular complexity index is 706. The van der Waals surface area contributed by atoms with Gasteiger partial charge in [0.05, 0.1) is 11.8 Å². The van der Waals surface area contributed by atoms with Gasteiger partial charge in [0.2, 0.25) is 0 Å². The van der Waals surface area contributed by atoms with E-state index < -0.39 is 0 Å². The Morgan fingerprint density at radius 3 is 2.91 bits per heavy atom. The van der Waals surface area contributed by atoms with Crippen LogP contribution in [0.4, 0.5) is 0 Å². The Hall–Kier alpha value is -1.66. The van der Waals surface area contributed by atoms with Crippen LogP contribution >= 0.6 is 11.5 Å². The van der Waals surface area contributed by atoms with E-state index in [1.165, 1.54) is 37.5 Å². The van der Waals surface area contributed by atoms with Gasteiger partial charge in [0.25, 0.3) is 5.91 Å².